The minimum atomic E-state index is -0.182. The molecule has 1 fully saturated rings. The van der Waals surface area contributed by atoms with E-state index >= 15 is 0 Å². The van der Waals surface area contributed by atoms with E-state index in [4.69, 9.17) is 9.15 Å². The Morgan fingerprint density at radius 1 is 1.48 bits per heavy atom. The van der Waals surface area contributed by atoms with Gasteiger partial charge in [0.2, 0.25) is 0 Å². The maximum absolute atomic E-state index is 12.5. The molecule has 1 N–H and O–H groups in total. The molecule has 0 bridgehead atoms. The fraction of sp³-hybridized carbons (Fsp3) is 0.500. The minimum Gasteiger partial charge on any atom is -0.464 e. The van der Waals surface area contributed by atoms with Gasteiger partial charge in [-0.3, -0.25) is 4.68 Å². The zero-order chi connectivity index (χ0) is 16.2. The predicted molar refractivity (Wildman–Crippen MR) is 83.8 cm³/mol. The number of aryl methyl sites for hydroxylation is 2. The highest BCUT2D eigenvalue weighted by atomic mass is 16.5. The number of urea groups is 1. The lowest BCUT2D eigenvalue weighted by atomic mass is 10.2. The molecule has 7 heteroatoms. The van der Waals surface area contributed by atoms with Crippen LogP contribution in [-0.2, 0) is 24.8 Å². The van der Waals surface area contributed by atoms with Crippen LogP contribution in [0.3, 0.4) is 0 Å². The van der Waals surface area contributed by atoms with Gasteiger partial charge in [-0.15, -0.1) is 0 Å². The van der Waals surface area contributed by atoms with Crippen molar-refractivity contribution in [3.05, 3.63) is 41.6 Å². The predicted octanol–water partition coefficient (Wildman–Crippen LogP) is 1.86. The highest BCUT2D eigenvalue weighted by molar-refractivity contribution is 5.74. The first-order valence-corrected chi connectivity index (χ1v) is 7.85. The highest BCUT2D eigenvalue weighted by Crippen LogP contribution is 2.26. The first-order valence-electron chi connectivity index (χ1n) is 7.85. The van der Waals surface area contributed by atoms with Gasteiger partial charge in [-0.05, 0) is 12.1 Å². The second-order valence-corrected chi connectivity index (χ2v) is 5.62. The van der Waals surface area contributed by atoms with Crippen LogP contribution in [0.2, 0.25) is 0 Å². The van der Waals surface area contributed by atoms with E-state index in [0.29, 0.717) is 26.3 Å². The summed E-state index contributed by atoms with van der Waals surface area (Å²) >= 11 is 0. The Morgan fingerprint density at radius 3 is 3.04 bits per heavy atom. The summed E-state index contributed by atoms with van der Waals surface area (Å²) in [6.07, 6.45) is 4.47. The summed E-state index contributed by atoms with van der Waals surface area (Å²) in [5.74, 6) is 1.69. The van der Waals surface area contributed by atoms with Crippen LogP contribution >= 0.6 is 0 Å². The smallest absolute Gasteiger partial charge is 0.318 e. The SMILES string of the molecule is CCc1ccc(C2COCCN2C(=O)NCc2cnn(C)c2)o1. The minimum absolute atomic E-state index is 0.114. The van der Waals surface area contributed by atoms with Gasteiger partial charge in [0, 0.05) is 38.3 Å². The summed E-state index contributed by atoms with van der Waals surface area (Å²) in [4.78, 5) is 14.3. The van der Waals surface area contributed by atoms with E-state index in [0.717, 1.165) is 23.5 Å². The Bertz CT molecular complexity index is 664. The number of morpholine rings is 1. The molecule has 2 aromatic heterocycles. The summed E-state index contributed by atoms with van der Waals surface area (Å²) in [7, 11) is 1.85. The second kappa shape index (κ2) is 6.87. The standard InChI is InChI=1S/C16H22N4O3/c1-3-13-4-5-15(23-13)14-11-22-7-6-20(14)16(21)17-8-12-9-18-19(2)10-12/h4-5,9-10,14H,3,6-8,11H2,1-2H3,(H,17,21). The van der Waals surface area contributed by atoms with Gasteiger partial charge < -0.3 is 19.4 Å². The molecule has 3 heterocycles. The van der Waals surface area contributed by atoms with Crippen LogP contribution in [0.5, 0.6) is 0 Å². The molecule has 0 saturated carbocycles. The molecule has 1 saturated heterocycles. The molecule has 2 amide bonds. The van der Waals surface area contributed by atoms with Crippen molar-refractivity contribution < 1.29 is 13.9 Å². The quantitative estimate of drug-likeness (QED) is 0.934. The fourth-order valence-electron chi connectivity index (χ4n) is 2.69. The number of hydrogen-bond acceptors (Lipinski definition) is 4. The van der Waals surface area contributed by atoms with Crippen molar-refractivity contribution in [1.82, 2.24) is 20.0 Å². The third-order valence-electron chi connectivity index (χ3n) is 3.95. The van der Waals surface area contributed by atoms with Crippen LogP contribution in [0, 0.1) is 0 Å². The number of hydrogen-bond donors (Lipinski definition) is 1. The van der Waals surface area contributed by atoms with E-state index < -0.39 is 0 Å². The van der Waals surface area contributed by atoms with Crippen LogP contribution in [0.25, 0.3) is 0 Å². The number of aromatic nitrogens is 2. The van der Waals surface area contributed by atoms with Crippen LogP contribution in [0.4, 0.5) is 4.79 Å². The van der Waals surface area contributed by atoms with Crippen molar-refractivity contribution in [3.63, 3.8) is 0 Å². The van der Waals surface area contributed by atoms with Gasteiger partial charge in [-0.1, -0.05) is 6.92 Å². The summed E-state index contributed by atoms with van der Waals surface area (Å²) in [5.41, 5.74) is 0.969. The number of nitrogens with zero attached hydrogens (tertiary/aromatic N) is 3. The molecule has 0 aliphatic carbocycles. The van der Waals surface area contributed by atoms with Crippen molar-refractivity contribution in [2.24, 2.45) is 7.05 Å². The van der Waals surface area contributed by atoms with Crippen LogP contribution in [-0.4, -0.2) is 40.5 Å². The fourth-order valence-corrected chi connectivity index (χ4v) is 2.69. The number of nitrogens with one attached hydrogen (secondary N) is 1. The molecular formula is C16H22N4O3. The maximum Gasteiger partial charge on any atom is 0.318 e. The lowest BCUT2D eigenvalue weighted by molar-refractivity contribution is 0.00392. The third-order valence-corrected chi connectivity index (χ3v) is 3.95. The van der Waals surface area contributed by atoms with E-state index in [9.17, 15) is 4.79 Å². The van der Waals surface area contributed by atoms with E-state index in [-0.39, 0.29) is 12.1 Å². The Morgan fingerprint density at radius 2 is 2.35 bits per heavy atom. The van der Waals surface area contributed by atoms with Crippen LogP contribution < -0.4 is 5.32 Å². The van der Waals surface area contributed by atoms with Gasteiger partial charge in [0.05, 0.1) is 19.4 Å². The lowest BCUT2D eigenvalue weighted by Gasteiger charge is -2.34. The number of carbonyl (C=O) groups excluding carboxylic acids is 1. The van der Waals surface area contributed by atoms with Crippen molar-refractivity contribution in [3.8, 4) is 0 Å². The molecule has 3 rings (SSSR count). The van der Waals surface area contributed by atoms with Gasteiger partial charge >= 0.3 is 6.03 Å². The second-order valence-electron chi connectivity index (χ2n) is 5.62. The molecule has 7 nitrogen and oxygen atoms in total. The maximum atomic E-state index is 12.5. The molecule has 0 radical (unpaired) electrons. The average molecular weight is 318 g/mol. The molecule has 23 heavy (non-hydrogen) atoms. The van der Waals surface area contributed by atoms with Crippen molar-refractivity contribution in [1.29, 1.82) is 0 Å². The third kappa shape index (κ3) is 3.56. The number of ether oxygens (including phenoxy) is 1. The van der Waals surface area contributed by atoms with E-state index in [1.807, 2.05) is 32.3 Å². The van der Waals surface area contributed by atoms with Crippen LogP contribution in [0.15, 0.2) is 28.9 Å². The largest absolute Gasteiger partial charge is 0.464 e. The van der Waals surface area contributed by atoms with Gasteiger partial charge in [0.25, 0.3) is 0 Å². The summed E-state index contributed by atoms with van der Waals surface area (Å²) in [6.45, 7) is 4.04. The van der Waals surface area contributed by atoms with Gasteiger partial charge in [0.15, 0.2) is 0 Å². The first-order chi connectivity index (χ1) is 11.2. The summed E-state index contributed by atoms with van der Waals surface area (Å²) in [6, 6.07) is 3.59. The summed E-state index contributed by atoms with van der Waals surface area (Å²) < 4.78 is 13.1. The molecule has 2 aromatic rings. The highest BCUT2D eigenvalue weighted by Gasteiger charge is 2.30. The zero-order valence-corrected chi connectivity index (χ0v) is 13.5. The zero-order valence-electron chi connectivity index (χ0n) is 13.5. The van der Waals surface area contributed by atoms with Crippen LogP contribution in [0.1, 0.15) is 30.0 Å². The Hall–Kier alpha value is -2.28. The number of rotatable bonds is 4. The number of carbonyl (C=O) groups is 1. The lowest BCUT2D eigenvalue weighted by Crippen LogP contribution is -2.47. The molecule has 0 spiro atoms. The monoisotopic (exact) mass is 318 g/mol. The molecule has 1 atom stereocenters. The molecule has 1 unspecified atom stereocenters. The normalized spacial score (nSPS) is 18.2. The van der Waals surface area contributed by atoms with Gasteiger partial charge in [-0.2, -0.15) is 5.10 Å². The number of amides is 2. The van der Waals surface area contributed by atoms with Gasteiger partial charge in [0.1, 0.15) is 17.6 Å². The van der Waals surface area contributed by atoms with Crippen molar-refractivity contribution in [2.75, 3.05) is 19.8 Å². The molecular weight excluding hydrogens is 296 g/mol. The first kappa shape index (κ1) is 15.6. The number of furan rings is 1. The van der Waals surface area contributed by atoms with Crippen molar-refractivity contribution in [2.45, 2.75) is 25.9 Å². The Labute approximate surface area is 135 Å². The topological polar surface area (TPSA) is 72.5 Å². The van der Waals surface area contributed by atoms with E-state index in [1.165, 1.54) is 0 Å². The molecule has 1 aliphatic rings. The summed E-state index contributed by atoms with van der Waals surface area (Å²) in [5, 5.41) is 7.04. The molecule has 124 valence electrons. The Kier molecular flexibility index (Phi) is 4.66. The molecule has 1 aliphatic heterocycles. The van der Waals surface area contributed by atoms with Gasteiger partial charge in [-0.25, -0.2) is 4.79 Å². The van der Waals surface area contributed by atoms with Crippen molar-refractivity contribution >= 4 is 6.03 Å². The Balaban J connectivity index is 1.66. The van der Waals surface area contributed by atoms with E-state index in [2.05, 4.69) is 10.4 Å². The van der Waals surface area contributed by atoms with E-state index in [1.54, 1.807) is 15.8 Å². The molecule has 0 aromatic carbocycles. The average Bonchev–Trinajstić information content (AvgIpc) is 3.21.